The Morgan fingerprint density at radius 1 is 1.42 bits per heavy atom. The van der Waals surface area contributed by atoms with Crippen LogP contribution in [0.3, 0.4) is 0 Å². The van der Waals surface area contributed by atoms with Gasteiger partial charge >= 0.3 is 6.09 Å². The van der Waals surface area contributed by atoms with Crippen molar-refractivity contribution in [1.82, 2.24) is 0 Å². The van der Waals surface area contributed by atoms with E-state index in [4.69, 9.17) is 15.7 Å². The third-order valence-electron chi connectivity index (χ3n) is 5.38. The number of benzene rings is 1. The van der Waals surface area contributed by atoms with E-state index in [0.29, 0.717) is 31.6 Å². The topological polar surface area (TPSA) is 143 Å². The Hall–Kier alpha value is -2.91. The van der Waals surface area contributed by atoms with Crippen molar-refractivity contribution in [3.05, 3.63) is 24.0 Å². The third kappa shape index (κ3) is 5.42. The molecule has 0 radical (unpaired) electrons. The van der Waals surface area contributed by atoms with Crippen molar-refractivity contribution >= 4 is 33.5 Å². The van der Waals surface area contributed by atoms with Crippen molar-refractivity contribution in [2.24, 2.45) is 17.6 Å². The summed E-state index contributed by atoms with van der Waals surface area (Å²) in [7, 11) is -3.67. The van der Waals surface area contributed by atoms with E-state index >= 15 is 0 Å². The molecule has 1 aromatic rings. The average molecular weight is 454 g/mol. The number of carbonyl (C=O) groups is 2. The molecule has 2 heterocycles. The van der Waals surface area contributed by atoms with Crippen molar-refractivity contribution < 1.29 is 31.3 Å². The van der Waals surface area contributed by atoms with Crippen molar-refractivity contribution in [3.8, 4) is 6.07 Å². The quantitative estimate of drug-likeness (QED) is 0.600. The standard InChI is InChI=1S/C19H23FN4O6S/c1-31(27,28)29-11-14-10-24(19(26)30-14)13-2-3-17(16(20)8-13)23-6-4-12(5-7-23)15(9-21)18(22)25/h2-3,8,12,14-15H,4-7,10-11H2,1H3,(H2,22,25)/t14-,15?/m1/s1. The predicted molar refractivity (Wildman–Crippen MR) is 108 cm³/mol. The first-order chi connectivity index (χ1) is 14.6. The van der Waals surface area contributed by atoms with Crippen LogP contribution < -0.4 is 15.5 Å². The molecule has 2 fully saturated rings. The van der Waals surface area contributed by atoms with Crippen molar-refractivity contribution in [3.63, 3.8) is 0 Å². The first-order valence-corrected chi connectivity index (χ1v) is 11.5. The fourth-order valence-corrected chi connectivity index (χ4v) is 4.21. The van der Waals surface area contributed by atoms with Crippen LogP contribution in [0.25, 0.3) is 0 Å². The van der Waals surface area contributed by atoms with Gasteiger partial charge in [0.15, 0.2) is 0 Å². The number of nitrogens with two attached hydrogens (primary N) is 1. The van der Waals surface area contributed by atoms with E-state index in [1.54, 1.807) is 12.1 Å². The van der Waals surface area contributed by atoms with Gasteiger partial charge in [-0.1, -0.05) is 0 Å². The first kappa shape index (κ1) is 22.8. The van der Waals surface area contributed by atoms with Gasteiger partial charge in [-0.05, 0) is 37.0 Å². The van der Waals surface area contributed by atoms with Gasteiger partial charge in [0.05, 0.1) is 30.2 Å². The molecule has 0 aromatic heterocycles. The number of primary amides is 1. The van der Waals surface area contributed by atoms with E-state index in [1.807, 2.05) is 11.0 Å². The molecule has 2 aliphatic rings. The molecule has 0 spiro atoms. The Kier molecular flexibility index (Phi) is 6.66. The van der Waals surface area contributed by atoms with Crippen molar-refractivity contribution in [2.45, 2.75) is 18.9 Å². The number of nitrogens with zero attached hydrogens (tertiary/aromatic N) is 3. The van der Waals surface area contributed by atoms with Crippen molar-refractivity contribution in [2.75, 3.05) is 42.3 Å². The lowest BCUT2D eigenvalue weighted by Gasteiger charge is -2.35. The second-order valence-electron chi connectivity index (χ2n) is 7.57. The van der Waals surface area contributed by atoms with Crippen LogP contribution in [0.2, 0.25) is 0 Å². The highest BCUT2D eigenvalue weighted by Crippen LogP contribution is 2.32. The van der Waals surface area contributed by atoms with Crippen LogP contribution in [0.15, 0.2) is 18.2 Å². The first-order valence-electron chi connectivity index (χ1n) is 9.65. The van der Waals surface area contributed by atoms with E-state index in [1.165, 1.54) is 11.0 Å². The molecule has 1 unspecified atom stereocenters. The highest BCUT2D eigenvalue weighted by molar-refractivity contribution is 7.85. The molecule has 2 amide bonds. The Labute approximate surface area is 179 Å². The van der Waals surface area contributed by atoms with Crippen LogP contribution in [-0.2, 0) is 23.8 Å². The van der Waals surface area contributed by atoms with Gasteiger partial charge < -0.3 is 15.4 Å². The SMILES string of the molecule is CS(=O)(=O)OC[C@H]1CN(c2ccc(N3CCC(C(C#N)C(N)=O)CC3)c(F)c2)C(=O)O1. The van der Waals surface area contributed by atoms with E-state index in [2.05, 4.69) is 4.18 Å². The number of piperidine rings is 1. The minimum atomic E-state index is -3.67. The number of carbonyl (C=O) groups excluding carboxylic acids is 2. The van der Waals surface area contributed by atoms with Crippen LogP contribution in [0.5, 0.6) is 0 Å². The maximum absolute atomic E-state index is 14.8. The van der Waals surface area contributed by atoms with Gasteiger partial charge in [-0.15, -0.1) is 0 Å². The number of hydrogen-bond donors (Lipinski definition) is 1. The number of hydrogen-bond acceptors (Lipinski definition) is 8. The molecular weight excluding hydrogens is 431 g/mol. The maximum atomic E-state index is 14.8. The van der Waals surface area contributed by atoms with Crippen LogP contribution in [-0.4, -0.2) is 59.0 Å². The highest BCUT2D eigenvalue weighted by atomic mass is 32.2. The second-order valence-corrected chi connectivity index (χ2v) is 9.22. The molecule has 2 N–H and O–H groups in total. The number of ether oxygens (including phenoxy) is 1. The zero-order chi connectivity index (χ0) is 22.8. The van der Waals surface area contributed by atoms with Gasteiger partial charge in [-0.2, -0.15) is 13.7 Å². The predicted octanol–water partition coefficient (Wildman–Crippen LogP) is 0.969. The van der Waals surface area contributed by atoms with Gasteiger partial charge in [0.1, 0.15) is 24.4 Å². The van der Waals surface area contributed by atoms with Gasteiger partial charge in [0.25, 0.3) is 10.1 Å². The van der Waals surface area contributed by atoms with Crippen LogP contribution >= 0.6 is 0 Å². The number of amides is 2. The molecule has 0 bridgehead atoms. The van der Waals surface area contributed by atoms with Gasteiger partial charge in [0, 0.05) is 13.1 Å². The summed E-state index contributed by atoms with van der Waals surface area (Å²) in [5.74, 6) is -2.19. The lowest BCUT2D eigenvalue weighted by molar-refractivity contribution is -0.121. The Bertz CT molecular complexity index is 1000. The minimum absolute atomic E-state index is 0.0290. The third-order valence-corrected chi connectivity index (χ3v) is 5.95. The van der Waals surface area contributed by atoms with Crippen LogP contribution in [0.1, 0.15) is 12.8 Å². The van der Waals surface area contributed by atoms with Gasteiger partial charge in [0.2, 0.25) is 5.91 Å². The van der Waals surface area contributed by atoms with E-state index < -0.39 is 40.0 Å². The van der Waals surface area contributed by atoms with E-state index in [9.17, 15) is 22.4 Å². The Balaban J connectivity index is 1.64. The normalized spacial score (nSPS) is 20.9. The van der Waals surface area contributed by atoms with Gasteiger partial charge in [-0.25, -0.2) is 9.18 Å². The summed E-state index contributed by atoms with van der Waals surface area (Å²) >= 11 is 0. The zero-order valence-electron chi connectivity index (χ0n) is 16.9. The summed E-state index contributed by atoms with van der Waals surface area (Å²) < 4.78 is 46.7. The molecule has 0 saturated carbocycles. The number of rotatable bonds is 7. The number of nitriles is 1. The molecule has 2 atom stereocenters. The second kappa shape index (κ2) is 9.07. The Morgan fingerprint density at radius 2 is 2.10 bits per heavy atom. The monoisotopic (exact) mass is 454 g/mol. The molecule has 10 nitrogen and oxygen atoms in total. The number of anilines is 2. The van der Waals surface area contributed by atoms with E-state index in [0.717, 1.165) is 6.26 Å². The summed E-state index contributed by atoms with van der Waals surface area (Å²) in [5, 5.41) is 9.12. The smallest absolute Gasteiger partial charge is 0.414 e. The molecule has 168 valence electrons. The molecule has 31 heavy (non-hydrogen) atoms. The zero-order valence-corrected chi connectivity index (χ0v) is 17.7. The summed E-state index contributed by atoms with van der Waals surface area (Å²) in [5.41, 5.74) is 5.90. The average Bonchev–Trinajstić information content (AvgIpc) is 3.07. The molecule has 3 rings (SSSR count). The maximum Gasteiger partial charge on any atom is 0.414 e. The number of halogens is 1. The molecule has 2 aliphatic heterocycles. The fourth-order valence-electron chi connectivity index (χ4n) is 3.81. The molecule has 12 heteroatoms. The Morgan fingerprint density at radius 3 is 2.65 bits per heavy atom. The lowest BCUT2D eigenvalue weighted by Crippen LogP contribution is -2.39. The summed E-state index contributed by atoms with van der Waals surface area (Å²) in [4.78, 5) is 26.5. The van der Waals surface area contributed by atoms with E-state index in [-0.39, 0.29) is 24.8 Å². The number of cyclic esters (lactones) is 1. The van der Waals surface area contributed by atoms with Crippen molar-refractivity contribution in [1.29, 1.82) is 5.26 Å². The fraction of sp³-hybridized carbons (Fsp3) is 0.526. The lowest BCUT2D eigenvalue weighted by atomic mass is 9.84. The molecule has 2 saturated heterocycles. The van der Waals surface area contributed by atoms with Crippen LogP contribution in [0, 0.1) is 29.0 Å². The summed E-state index contributed by atoms with van der Waals surface area (Å²) in [6, 6.07) is 6.28. The van der Waals surface area contributed by atoms with Crippen LogP contribution in [0.4, 0.5) is 20.6 Å². The summed E-state index contributed by atoms with van der Waals surface area (Å²) in [6.45, 7) is 0.638. The molecular formula is C19H23FN4O6S. The molecule has 0 aliphatic carbocycles. The minimum Gasteiger partial charge on any atom is -0.441 e. The van der Waals surface area contributed by atoms with Gasteiger partial charge in [-0.3, -0.25) is 13.9 Å². The molecule has 1 aromatic carbocycles. The highest BCUT2D eigenvalue weighted by Gasteiger charge is 2.34. The largest absolute Gasteiger partial charge is 0.441 e. The summed E-state index contributed by atoms with van der Waals surface area (Å²) in [6.07, 6.45) is 0.449.